The Morgan fingerprint density at radius 2 is 2.00 bits per heavy atom. The maximum absolute atomic E-state index is 13.6. The Bertz CT molecular complexity index is 1140. The summed E-state index contributed by atoms with van der Waals surface area (Å²) in [6, 6.07) is 10.3. The SMILES string of the molecule is CCc1cc2ncc(CN3CCN(c4cc(F)ccc4C#N)CC3)cc2[nH]c1=O. The summed E-state index contributed by atoms with van der Waals surface area (Å²) in [6.07, 6.45) is 2.53. The number of anilines is 1. The molecule has 7 heteroatoms. The third kappa shape index (κ3) is 3.98. The lowest BCUT2D eigenvalue weighted by atomic mass is 10.1. The number of aromatic amines is 1. The molecule has 0 aliphatic carbocycles. The topological polar surface area (TPSA) is 76.0 Å². The van der Waals surface area contributed by atoms with Crippen molar-refractivity contribution in [3.63, 3.8) is 0 Å². The first kappa shape index (κ1) is 19.1. The van der Waals surface area contributed by atoms with Crippen LogP contribution in [0.5, 0.6) is 0 Å². The molecule has 0 radical (unpaired) electrons. The number of pyridine rings is 2. The van der Waals surface area contributed by atoms with Crippen LogP contribution in [0.4, 0.5) is 10.1 Å². The van der Waals surface area contributed by atoms with Gasteiger partial charge in [-0.3, -0.25) is 14.7 Å². The maximum Gasteiger partial charge on any atom is 0.251 e. The van der Waals surface area contributed by atoms with Gasteiger partial charge < -0.3 is 9.88 Å². The van der Waals surface area contributed by atoms with Gasteiger partial charge in [-0.05, 0) is 42.3 Å². The Morgan fingerprint density at radius 3 is 2.72 bits per heavy atom. The van der Waals surface area contributed by atoms with Crippen molar-refractivity contribution < 1.29 is 4.39 Å². The van der Waals surface area contributed by atoms with Crippen molar-refractivity contribution in [3.05, 3.63) is 69.4 Å². The molecule has 4 rings (SSSR count). The predicted molar refractivity (Wildman–Crippen MR) is 110 cm³/mol. The number of fused-ring (bicyclic) bond motifs is 1. The Balaban J connectivity index is 1.45. The molecule has 0 spiro atoms. The summed E-state index contributed by atoms with van der Waals surface area (Å²) in [5, 5.41) is 9.28. The molecule has 1 aliphatic heterocycles. The number of halogens is 1. The summed E-state index contributed by atoms with van der Waals surface area (Å²) in [5.74, 6) is -0.330. The van der Waals surface area contributed by atoms with E-state index in [1.807, 2.05) is 25.3 Å². The van der Waals surface area contributed by atoms with Crippen LogP contribution in [-0.2, 0) is 13.0 Å². The second-order valence-corrected chi connectivity index (χ2v) is 7.29. The standard InChI is InChI=1S/C22H22FN5O/c1-2-16-10-19-20(26-22(16)29)9-15(13-25-19)14-27-5-7-28(8-6-27)21-11-18(23)4-3-17(21)12-24/h3-4,9-11,13H,2,5-8,14H2,1H3,(H,26,29). The lowest BCUT2D eigenvalue weighted by Crippen LogP contribution is -2.46. The fourth-order valence-electron chi connectivity index (χ4n) is 3.78. The number of piperazine rings is 1. The predicted octanol–water partition coefficient (Wildman–Crippen LogP) is 2.82. The van der Waals surface area contributed by atoms with E-state index in [4.69, 9.17) is 0 Å². The first-order valence-electron chi connectivity index (χ1n) is 9.75. The number of nitriles is 1. The average molecular weight is 391 g/mol. The third-order valence-electron chi connectivity index (χ3n) is 5.41. The Hall–Kier alpha value is -3.24. The van der Waals surface area contributed by atoms with Crippen molar-refractivity contribution in [2.75, 3.05) is 31.1 Å². The van der Waals surface area contributed by atoms with Crippen molar-refractivity contribution in [3.8, 4) is 6.07 Å². The zero-order valence-corrected chi connectivity index (χ0v) is 16.3. The highest BCUT2D eigenvalue weighted by Gasteiger charge is 2.20. The number of rotatable bonds is 4. The van der Waals surface area contributed by atoms with Crippen molar-refractivity contribution in [2.45, 2.75) is 19.9 Å². The number of hydrogen-bond acceptors (Lipinski definition) is 5. The average Bonchev–Trinajstić information content (AvgIpc) is 2.73. The number of nitrogens with zero attached hydrogens (tertiary/aromatic N) is 4. The van der Waals surface area contributed by atoms with E-state index in [9.17, 15) is 14.4 Å². The maximum atomic E-state index is 13.6. The van der Waals surface area contributed by atoms with E-state index in [0.717, 1.165) is 54.9 Å². The minimum absolute atomic E-state index is 0.0593. The van der Waals surface area contributed by atoms with Gasteiger partial charge in [0, 0.05) is 44.5 Å². The van der Waals surface area contributed by atoms with Gasteiger partial charge in [0.05, 0.1) is 22.3 Å². The van der Waals surface area contributed by atoms with Crippen LogP contribution in [0.2, 0.25) is 0 Å². The van der Waals surface area contributed by atoms with Gasteiger partial charge >= 0.3 is 0 Å². The van der Waals surface area contributed by atoms with Gasteiger partial charge in [0.15, 0.2) is 0 Å². The molecule has 1 saturated heterocycles. The van der Waals surface area contributed by atoms with Gasteiger partial charge in [0.2, 0.25) is 0 Å². The van der Waals surface area contributed by atoms with E-state index >= 15 is 0 Å². The summed E-state index contributed by atoms with van der Waals surface area (Å²) in [5.41, 5.74) is 4.41. The van der Waals surface area contributed by atoms with E-state index in [0.29, 0.717) is 17.7 Å². The molecule has 1 aliphatic rings. The van der Waals surface area contributed by atoms with Gasteiger partial charge in [-0.2, -0.15) is 5.26 Å². The molecule has 0 unspecified atom stereocenters. The van der Waals surface area contributed by atoms with E-state index in [1.54, 1.807) is 0 Å². The molecule has 0 bridgehead atoms. The molecular formula is C22H22FN5O. The van der Waals surface area contributed by atoms with Crippen LogP contribution in [0.25, 0.3) is 11.0 Å². The lowest BCUT2D eigenvalue weighted by molar-refractivity contribution is 0.249. The van der Waals surface area contributed by atoms with Crippen molar-refractivity contribution in [1.82, 2.24) is 14.9 Å². The van der Waals surface area contributed by atoms with Gasteiger partial charge in [-0.1, -0.05) is 6.92 Å². The summed E-state index contributed by atoms with van der Waals surface area (Å²) < 4.78 is 13.6. The Labute approximate surface area is 168 Å². The molecule has 1 fully saturated rings. The highest BCUT2D eigenvalue weighted by Crippen LogP contribution is 2.23. The minimum atomic E-state index is -0.330. The summed E-state index contributed by atoms with van der Waals surface area (Å²) in [6.45, 7) is 5.71. The Kier molecular flexibility index (Phi) is 5.28. The van der Waals surface area contributed by atoms with E-state index in [1.165, 1.54) is 18.2 Å². The number of aromatic nitrogens is 2. The third-order valence-corrected chi connectivity index (χ3v) is 5.41. The number of hydrogen-bond donors (Lipinski definition) is 1. The summed E-state index contributed by atoms with van der Waals surface area (Å²) >= 11 is 0. The second kappa shape index (κ2) is 8.02. The molecule has 0 saturated carbocycles. The first-order valence-corrected chi connectivity index (χ1v) is 9.75. The molecule has 0 atom stereocenters. The number of nitrogens with one attached hydrogen (secondary N) is 1. The monoisotopic (exact) mass is 391 g/mol. The van der Waals surface area contributed by atoms with Crippen LogP contribution in [0.3, 0.4) is 0 Å². The number of benzene rings is 1. The highest BCUT2D eigenvalue weighted by atomic mass is 19.1. The fraction of sp³-hybridized carbons (Fsp3) is 0.318. The van der Waals surface area contributed by atoms with Crippen LogP contribution >= 0.6 is 0 Å². The van der Waals surface area contributed by atoms with E-state index in [-0.39, 0.29) is 11.4 Å². The van der Waals surface area contributed by atoms with Gasteiger partial charge in [0.25, 0.3) is 5.56 Å². The van der Waals surface area contributed by atoms with Crippen LogP contribution in [0, 0.1) is 17.1 Å². The highest BCUT2D eigenvalue weighted by molar-refractivity contribution is 5.74. The number of H-pyrrole nitrogens is 1. The van der Waals surface area contributed by atoms with Gasteiger partial charge in [-0.15, -0.1) is 0 Å². The smallest absolute Gasteiger partial charge is 0.251 e. The van der Waals surface area contributed by atoms with Gasteiger partial charge in [-0.25, -0.2) is 4.39 Å². The molecule has 3 aromatic rings. The number of aryl methyl sites for hydroxylation is 1. The Morgan fingerprint density at radius 1 is 1.21 bits per heavy atom. The van der Waals surface area contributed by atoms with Crippen molar-refractivity contribution in [1.29, 1.82) is 5.26 Å². The molecule has 1 N–H and O–H groups in total. The zero-order chi connectivity index (χ0) is 20.4. The lowest BCUT2D eigenvalue weighted by Gasteiger charge is -2.36. The quantitative estimate of drug-likeness (QED) is 0.740. The van der Waals surface area contributed by atoms with Crippen LogP contribution in [0.15, 0.2) is 41.3 Å². The van der Waals surface area contributed by atoms with E-state index < -0.39 is 0 Å². The molecular weight excluding hydrogens is 369 g/mol. The summed E-state index contributed by atoms with van der Waals surface area (Å²) in [4.78, 5) is 23.8. The molecule has 1 aromatic carbocycles. The van der Waals surface area contributed by atoms with Crippen molar-refractivity contribution >= 4 is 16.7 Å². The normalized spacial score (nSPS) is 14.9. The van der Waals surface area contributed by atoms with Crippen LogP contribution in [0.1, 0.15) is 23.6 Å². The van der Waals surface area contributed by atoms with Crippen molar-refractivity contribution in [2.24, 2.45) is 0 Å². The zero-order valence-electron chi connectivity index (χ0n) is 16.3. The van der Waals surface area contributed by atoms with Crippen LogP contribution in [-0.4, -0.2) is 41.0 Å². The summed E-state index contributed by atoms with van der Waals surface area (Å²) in [7, 11) is 0. The second-order valence-electron chi connectivity index (χ2n) is 7.29. The fourth-order valence-corrected chi connectivity index (χ4v) is 3.78. The largest absolute Gasteiger partial charge is 0.368 e. The molecule has 2 aromatic heterocycles. The first-order chi connectivity index (χ1) is 14.1. The van der Waals surface area contributed by atoms with E-state index in [2.05, 4.69) is 25.8 Å². The molecule has 3 heterocycles. The molecule has 6 nitrogen and oxygen atoms in total. The molecule has 29 heavy (non-hydrogen) atoms. The minimum Gasteiger partial charge on any atom is -0.368 e. The van der Waals surface area contributed by atoms with Gasteiger partial charge in [0.1, 0.15) is 11.9 Å². The van der Waals surface area contributed by atoms with Crippen LogP contribution < -0.4 is 10.5 Å². The molecule has 148 valence electrons. The molecule has 0 amide bonds.